The van der Waals surface area contributed by atoms with Crippen molar-refractivity contribution < 1.29 is 14.2 Å². The molecule has 0 fully saturated rings. The van der Waals surface area contributed by atoms with E-state index < -0.39 is 0 Å². The topological polar surface area (TPSA) is 58.7 Å². The van der Waals surface area contributed by atoms with E-state index in [1.807, 2.05) is 4.90 Å². The van der Waals surface area contributed by atoms with Gasteiger partial charge in [0, 0.05) is 32.3 Å². The number of aliphatic hydroxyl groups is 1. The van der Waals surface area contributed by atoms with Crippen molar-refractivity contribution in [2.45, 2.75) is 6.54 Å². The maximum absolute atomic E-state index is 13.5. The standard InChI is InChI=1S/C13H19FN2O2S/c1-18-5-3-16(2-4-17)9-10-6-11(13(15)19)8-12(14)7-10/h6-8,17H,2-5,9H2,1H3,(H2,15,19). The minimum absolute atomic E-state index is 0.0428. The Morgan fingerprint density at radius 2 is 2.16 bits per heavy atom. The Morgan fingerprint density at radius 3 is 2.74 bits per heavy atom. The average Bonchev–Trinajstić information content (AvgIpc) is 2.35. The van der Waals surface area contributed by atoms with Crippen LogP contribution in [0.2, 0.25) is 0 Å². The number of nitrogens with zero attached hydrogens (tertiary/aromatic N) is 1. The first-order valence-electron chi connectivity index (χ1n) is 5.98. The normalized spacial score (nSPS) is 10.9. The fourth-order valence-electron chi connectivity index (χ4n) is 1.77. The number of halogens is 1. The van der Waals surface area contributed by atoms with E-state index in [1.165, 1.54) is 12.1 Å². The van der Waals surface area contributed by atoms with Crippen molar-refractivity contribution in [3.8, 4) is 0 Å². The molecule has 106 valence electrons. The van der Waals surface area contributed by atoms with Gasteiger partial charge in [-0.25, -0.2) is 4.39 Å². The minimum atomic E-state index is -0.365. The first-order chi connectivity index (χ1) is 9.06. The van der Waals surface area contributed by atoms with Gasteiger partial charge in [0.2, 0.25) is 0 Å². The zero-order valence-corrected chi connectivity index (χ0v) is 11.8. The predicted octanol–water partition coefficient (Wildman–Crippen LogP) is 0.901. The lowest BCUT2D eigenvalue weighted by Crippen LogP contribution is -2.30. The molecule has 0 unspecified atom stereocenters. The minimum Gasteiger partial charge on any atom is -0.395 e. The molecule has 1 aromatic carbocycles. The largest absolute Gasteiger partial charge is 0.395 e. The molecule has 0 saturated carbocycles. The molecule has 0 spiro atoms. The van der Waals surface area contributed by atoms with Crippen LogP contribution in [0.4, 0.5) is 4.39 Å². The van der Waals surface area contributed by atoms with Crippen molar-refractivity contribution >= 4 is 17.2 Å². The highest BCUT2D eigenvalue weighted by atomic mass is 32.1. The molecule has 1 rings (SSSR count). The molecule has 0 aliphatic carbocycles. The van der Waals surface area contributed by atoms with Gasteiger partial charge in [-0.1, -0.05) is 12.2 Å². The lowest BCUT2D eigenvalue weighted by Gasteiger charge is -2.21. The second-order valence-electron chi connectivity index (χ2n) is 4.20. The van der Waals surface area contributed by atoms with Crippen molar-refractivity contribution in [2.24, 2.45) is 5.73 Å². The Kier molecular flexibility index (Phi) is 6.86. The molecule has 0 amide bonds. The van der Waals surface area contributed by atoms with Gasteiger partial charge in [-0.2, -0.15) is 0 Å². The molecule has 0 bridgehead atoms. The number of methoxy groups -OCH3 is 1. The second-order valence-corrected chi connectivity index (χ2v) is 4.64. The van der Waals surface area contributed by atoms with E-state index in [9.17, 15) is 4.39 Å². The highest BCUT2D eigenvalue weighted by Crippen LogP contribution is 2.12. The lowest BCUT2D eigenvalue weighted by molar-refractivity contribution is 0.127. The van der Waals surface area contributed by atoms with Crippen molar-refractivity contribution in [2.75, 3.05) is 33.4 Å². The first-order valence-corrected chi connectivity index (χ1v) is 6.39. The van der Waals surface area contributed by atoms with Crippen molar-refractivity contribution in [3.63, 3.8) is 0 Å². The number of ether oxygens (including phenoxy) is 1. The number of hydrogen-bond acceptors (Lipinski definition) is 4. The van der Waals surface area contributed by atoms with Crippen LogP contribution >= 0.6 is 12.2 Å². The maximum Gasteiger partial charge on any atom is 0.124 e. The van der Waals surface area contributed by atoms with E-state index in [1.54, 1.807) is 13.2 Å². The van der Waals surface area contributed by atoms with Crippen LogP contribution in [0.15, 0.2) is 18.2 Å². The highest BCUT2D eigenvalue weighted by molar-refractivity contribution is 7.80. The van der Waals surface area contributed by atoms with Gasteiger partial charge in [0.25, 0.3) is 0 Å². The Balaban J connectivity index is 2.79. The summed E-state index contributed by atoms with van der Waals surface area (Å²) < 4.78 is 18.5. The number of benzene rings is 1. The number of hydrogen-bond donors (Lipinski definition) is 2. The van der Waals surface area contributed by atoms with Gasteiger partial charge in [-0.3, -0.25) is 4.90 Å². The average molecular weight is 286 g/mol. The summed E-state index contributed by atoms with van der Waals surface area (Å²) in [6.07, 6.45) is 0. The zero-order valence-electron chi connectivity index (χ0n) is 10.9. The van der Waals surface area contributed by atoms with Crippen LogP contribution in [0.1, 0.15) is 11.1 Å². The van der Waals surface area contributed by atoms with Crippen molar-refractivity contribution in [3.05, 3.63) is 35.1 Å². The smallest absolute Gasteiger partial charge is 0.124 e. The highest BCUT2D eigenvalue weighted by Gasteiger charge is 2.08. The summed E-state index contributed by atoms with van der Waals surface area (Å²) in [5, 5.41) is 9.01. The zero-order chi connectivity index (χ0) is 14.3. The number of rotatable bonds is 8. The fourth-order valence-corrected chi connectivity index (χ4v) is 1.89. The van der Waals surface area contributed by atoms with Crippen LogP contribution in [0, 0.1) is 5.82 Å². The molecule has 19 heavy (non-hydrogen) atoms. The predicted molar refractivity (Wildman–Crippen MR) is 76.5 cm³/mol. The third-order valence-corrected chi connectivity index (χ3v) is 2.91. The third-order valence-electron chi connectivity index (χ3n) is 2.68. The van der Waals surface area contributed by atoms with Crippen LogP contribution in [0.3, 0.4) is 0 Å². The van der Waals surface area contributed by atoms with Gasteiger partial charge in [-0.15, -0.1) is 0 Å². The summed E-state index contributed by atoms with van der Waals surface area (Å²) in [6.45, 7) is 2.27. The molecule has 0 aliphatic rings. The maximum atomic E-state index is 13.5. The molecule has 0 heterocycles. The molecular weight excluding hydrogens is 267 g/mol. The number of nitrogens with two attached hydrogens (primary N) is 1. The summed E-state index contributed by atoms with van der Waals surface area (Å²) in [5.41, 5.74) is 6.80. The molecule has 4 nitrogen and oxygen atoms in total. The number of thiocarbonyl (C=S) groups is 1. The van der Waals surface area contributed by atoms with E-state index in [4.69, 9.17) is 27.8 Å². The van der Waals surface area contributed by atoms with Gasteiger partial charge in [0.05, 0.1) is 13.2 Å². The van der Waals surface area contributed by atoms with Crippen molar-refractivity contribution in [1.29, 1.82) is 0 Å². The van der Waals surface area contributed by atoms with Gasteiger partial charge in [-0.05, 0) is 23.8 Å². The van der Waals surface area contributed by atoms with E-state index in [2.05, 4.69) is 0 Å². The second kappa shape index (κ2) is 8.16. The van der Waals surface area contributed by atoms with Crippen LogP contribution in [0.25, 0.3) is 0 Å². The molecule has 0 aromatic heterocycles. The molecular formula is C13H19FN2O2S. The van der Waals surface area contributed by atoms with E-state index in [0.29, 0.717) is 31.8 Å². The van der Waals surface area contributed by atoms with Gasteiger partial charge >= 0.3 is 0 Å². The SMILES string of the molecule is COCCN(CCO)Cc1cc(F)cc(C(N)=S)c1. The molecule has 0 aliphatic heterocycles. The van der Waals surface area contributed by atoms with Gasteiger partial charge < -0.3 is 15.6 Å². The lowest BCUT2D eigenvalue weighted by atomic mass is 10.1. The van der Waals surface area contributed by atoms with E-state index in [0.717, 1.165) is 5.56 Å². The molecule has 0 atom stereocenters. The molecule has 6 heteroatoms. The van der Waals surface area contributed by atoms with Crippen LogP contribution in [-0.4, -0.2) is 48.4 Å². The summed E-state index contributed by atoms with van der Waals surface area (Å²) in [4.78, 5) is 2.15. The third kappa shape index (κ3) is 5.61. The quantitative estimate of drug-likeness (QED) is 0.695. The van der Waals surface area contributed by atoms with Crippen LogP contribution in [0.5, 0.6) is 0 Å². The molecule has 0 radical (unpaired) electrons. The van der Waals surface area contributed by atoms with E-state index in [-0.39, 0.29) is 17.4 Å². The van der Waals surface area contributed by atoms with Gasteiger partial charge in [0.15, 0.2) is 0 Å². The fraction of sp³-hybridized carbons (Fsp3) is 0.462. The molecule has 1 aromatic rings. The Bertz CT molecular complexity index is 429. The van der Waals surface area contributed by atoms with Crippen molar-refractivity contribution in [1.82, 2.24) is 4.90 Å². The summed E-state index contributed by atoms with van der Waals surface area (Å²) in [5.74, 6) is -0.365. The van der Waals surface area contributed by atoms with Crippen LogP contribution in [-0.2, 0) is 11.3 Å². The number of aliphatic hydroxyl groups excluding tert-OH is 1. The monoisotopic (exact) mass is 286 g/mol. The summed E-state index contributed by atoms with van der Waals surface area (Å²) in [6, 6.07) is 4.53. The molecule has 0 saturated heterocycles. The van der Waals surface area contributed by atoms with Crippen LogP contribution < -0.4 is 5.73 Å². The first kappa shape index (κ1) is 16.0. The molecule has 3 N–H and O–H groups in total. The summed E-state index contributed by atoms with van der Waals surface area (Å²) in [7, 11) is 1.62. The Labute approximate surface area is 118 Å². The Morgan fingerprint density at radius 1 is 1.42 bits per heavy atom. The van der Waals surface area contributed by atoms with E-state index >= 15 is 0 Å². The van der Waals surface area contributed by atoms with Gasteiger partial charge in [0.1, 0.15) is 10.8 Å². The Hall–Kier alpha value is -1.08. The summed E-state index contributed by atoms with van der Waals surface area (Å²) >= 11 is 4.85.